The van der Waals surface area contributed by atoms with Crippen molar-refractivity contribution in [1.29, 1.82) is 0 Å². The average molecular weight is 225 g/mol. The van der Waals surface area contributed by atoms with Crippen LogP contribution in [0.5, 0.6) is 0 Å². The zero-order valence-electron chi connectivity index (χ0n) is 11.1. The third-order valence-corrected chi connectivity index (χ3v) is 4.27. The van der Waals surface area contributed by atoms with Gasteiger partial charge in [-0.1, -0.05) is 6.42 Å². The summed E-state index contributed by atoms with van der Waals surface area (Å²) in [6.07, 6.45) is 5.51. The fourth-order valence-electron chi connectivity index (χ4n) is 3.53. The molecule has 3 heteroatoms. The van der Waals surface area contributed by atoms with Gasteiger partial charge in [0.15, 0.2) is 0 Å². The van der Waals surface area contributed by atoms with Crippen LogP contribution in [0.4, 0.5) is 0 Å². The number of likely N-dealkylation sites (N-methyl/N-ethyl adjacent to an activating group) is 1. The first kappa shape index (κ1) is 12.3. The highest BCUT2D eigenvalue weighted by molar-refractivity contribution is 4.93. The van der Waals surface area contributed by atoms with Crippen molar-refractivity contribution < 1.29 is 0 Å². The van der Waals surface area contributed by atoms with Crippen molar-refractivity contribution >= 4 is 0 Å². The van der Waals surface area contributed by atoms with Gasteiger partial charge in [-0.3, -0.25) is 0 Å². The van der Waals surface area contributed by atoms with Crippen LogP contribution in [0.3, 0.4) is 0 Å². The van der Waals surface area contributed by atoms with Crippen LogP contribution in [-0.4, -0.2) is 62.7 Å². The Morgan fingerprint density at radius 2 is 2.06 bits per heavy atom. The molecule has 0 aliphatic carbocycles. The Kier molecular flexibility index (Phi) is 4.22. The number of hydrogen-bond acceptors (Lipinski definition) is 3. The molecule has 2 fully saturated rings. The summed E-state index contributed by atoms with van der Waals surface area (Å²) in [5.41, 5.74) is 0. The highest BCUT2D eigenvalue weighted by atomic mass is 15.2. The van der Waals surface area contributed by atoms with Crippen LogP contribution in [0, 0.1) is 5.92 Å². The molecule has 2 aliphatic rings. The fraction of sp³-hybridized carbons (Fsp3) is 1.00. The molecule has 0 aromatic rings. The van der Waals surface area contributed by atoms with E-state index >= 15 is 0 Å². The van der Waals surface area contributed by atoms with Gasteiger partial charge in [-0.2, -0.15) is 0 Å². The summed E-state index contributed by atoms with van der Waals surface area (Å²) in [7, 11) is 6.75. The van der Waals surface area contributed by atoms with Crippen LogP contribution < -0.4 is 5.32 Å². The molecule has 0 bridgehead atoms. The number of nitrogens with zero attached hydrogens (tertiary/aromatic N) is 2. The van der Waals surface area contributed by atoms with Crippen LogP contribution in [0.1, 0.15) is 25.7 Å². The van der Waals surface area contributed by atoms with E-state index in [0.29, 0.717) is 0 Å². The van der Waals surface area contributed by atoms with Crippen molar-refractivity contribution in [3.63, 3.8) is 0 Å². The van der Waals surface area contributed by atoms with Crippen LogP contribution in [-0.2, 0) is 0 Å². The van der Waals surface area contributed by atoms with E-state index in [1.807, 2.05) is 0 Å². The van der Waals surface area contributed by atoms with Gasteiger partial charge in [-0.15, -0.1) is 0 Å². The van der Waals surface area contributed by atoms with Gasteiger partial charge in [-0.05, 0) is 59.4 Å². The molecule has 3 unspecified atom stereocenters. The molecule has 0 amide bonds. The molecule has 94 valence electrons. The van der Waals surface area contributed by atoms with E-state index in [2.05, 4.69) is 36.3 Å². The van der Waals surface area contributed by atoms with Gasteiger partial charge in [0, 0.05) is 18.6 Å². The van der Waals surface area contributed by atoms with E-state index in [0.717, 1.165) is 18.0 Å². The molecule has 0 radical (unpaired) electrons. The molecule has 3 nitrogen and oxygen atoms in total. The van der Waals surface area contributed by atoms with Gasteiger partial charge in [0.2, 0.25) is 0 Å². The molecule has 1 N–H and O–H groups in total. The summed E-state index contributed by atoms with van der Waals surface area (Å²) in [5.74, 6) is 0.857. The Bertz CT molecular complexity index is 206. The Balaban J connectivity index is 1.98. The molecule has 2 heterocycles. The van der Waals surface area contributed by atoms with Crippen molar-refractivity contribution in [2.45, 2.75) is 37.8 Å². The van der Waals surface area contributed by atoms with E-state index in [-0.39, 0.29) is 0 Å². The topological polar surface area (TPSA) is 18.5 Å². The van der Waals surface area contributed by atoms with Gasteiger partial charge < -0.3 is 15.1 Å². The molecule has 2 aliphatic heterocycles. The SMILES string of the molecule is CN1CCC(C(C2CCCCN2)N(C)C)C1. The van der Waals surface area contributed by atoms with Gasteiger partial charge in [0.1, 0.15) is 0 Å². The minimum Gasteiger partial charge on any atom is -0.312 e. The summed E-state index contributed by atoms with van der Waals surface area (Å²) in [6, 6.07) is 1.45. The number of nitrogens with one attached hydrogen (secondary N) is 1. The predicted octanol–water partition coefficient (Wildman–Crippen LogP) is 1.01. The van der Waals surface area contributed by atoms with Gasteiger partial charge in [0.05, 0.1) is 0 Å². The first-order valence-corrected chi connectivity index (χ1v) is 6.77. The van der Waals surface area contributed by atoms with Crippen LogP contribution in [0.2, 0.25) is 0 Å². The molecule has 2 rings (SSSR count). The van der Waals surface area contributed by atoms with Crippen molar-refractivity contribution in [2.24, 2.45) is 5.92 Å². The van der Waals surface area contributed by atoms with E-state index < -0.39 is 0 Å². The minimum atomic E-state index is 0.722. The third kappa shape index (κ3) is 2.76. The van der Waals surface area contributed by atoms with E-state index in [1.165, 1.54) is 45.3 Å². The molecule has 0 aromatic heterocycles. The molecule has 0 aromatic carbocycles. The van der Waals surface area contributed by atoms with Gasteiger partial charge in [0.25, 0.3) is 0 Å². The molecule has 16 heavy (non-hydrogen) atoms. The zero-order valence-corrected chi connectivity index (χ0v) is 11.1. The van der Waals surface area contributed by atoms with Crippen LogP contribution in [0.15, 0.2) is 0 Å². The number of rotatable bonds is 3. The number of hydrogen-bond donors (Lipinski definition) is 1. The normalized spacial score (nSPS) is 34.5. The maximum atomic E-state index is 3.73. The van der Waals surface area contributed by atoms with E-state index in [9.17, 15) is 0 Å². The second-order valence-electron chi connectivity index (χ2n) is 5.82. The summed E-state index contributed by atoms with van der Waals surface area (Å²) in [5, 5.41) is 3.73. The lowest BCUT2D eigenvalue weighted by Gasteiger charge is -2.39. The third-order valence-electron chi connectivity index (χ3n) is 4.27. The second-order valence-corrected chi connectivity index (χ2v) is 5.82. The average Bonchev–Trinajstić information content (AvgIpc) is 2.66. The lowest BCUT2D eigenvalue weighted by Crippen LogP contribution is -2.53. The summed E-state index contributed by atoms with van der Waals surface area (Å²) < 4.78 is 0. The van der Waals surface area contributed by atoms with E-state index in [1.54, 1.807) is 0 Å². The smallest absolute Gasteiger partial charge is 0.0284 e. The van der Waals surface area contributed by atoms with Crippen molar-refractivity contribution in [2.75, 3.05) is 40.8 Å². The zero-order chi connectivity index (χ0) is 11.5. The lowest BCUT2D eigenvalue weighted by molar-refractivity contribution is 0.144. The maximum absolute atomic E-state index is 3.73. The van der Waals surface area contributed by atoms with Gasteiger partial charge in [-0.25, -0.2) is 0 Å². The Morgan fingerprint density at radius 1 is 1.25 bits per heavy atom. The van der Waals surface area contributed by atoms with Crippen molar-refractivity contribution in [3.05, 3.63) is 0 Å². The van der Waals surface area contributed by atoms with Crippen LogP contribution >= 0.6 is 0 Å². The summed E-state index contributed by atoms with van der Waals surface area (Å²) >= 11 is 0. The molecule has 0 spiro atoms. The van der Waals surface area contributed by atoms with Gasteiger partial charge >= 0.3 is 0 Å². The highest BCUT2D eigenvalue weighted by Crippen LogP contribution is 2.26. The Labute approximate surface area is 100 Å². The first-order chi connectivity index (χ1) is 7.68. The molecular formula is C13H27N3. The number of likely N-dealkylation sites (tertiary alicyclic amines) is 1. The second kappa shape index (κ2) is 5.48. The van der Waals surface area contributed by atoms with Crippen molar-refractivity contribution in [3.8, 4) is 0 Å². The summed E-state index contributed by atoms with van der Waals surface area (Å²) in [4.78, 5) is 4.93. The number of piperidine rings is 1. The van der Waals surface area contributed by atoms with E-state index in [4.69, 9.17) is 0 Å². The van der Waals surface area contributed by atoms with Crippen LogP contribution in [0.25, 0.3) is 0 Å². The van der Waals surface area contributed by atoms with Crippen molar-refractivity contribution in [1.82, 2.24) is 15.1 Å². The quantitative estimate of drug-likeness (QED) is 0.773. The molecule has 0 saturated carbocycles. The summed E-state index contributed by atoms with van der Waals surface area (Å²) in [6.45, 7) is 3.78. The highest BCUT2D eigenvalue weighted by Gasteiger charge is 2.35. The Hall–Kier alpha value is -0.120. The standard InChI is InChI=1S/C13H27N3/c1-15(2)13(11-7-9-16(3)10-11)12-6-4-5-8-14-12/h11-14H,4-10H2,1-3H3. The fourth-order valence-corrected chi connectivity index (χ4v) is 3.53. The first-order valence-electron chi connectivity index (χ1n) is 6.77. The lowest BCUT2D eigenvalue weighted by atomic mass is 9.87. The maximum Gasteiger partial charge on any atom is 0.0284 e. The molecule has 3 atom stereocenters. The molecule has 2 saturated heterocycles. The predicted molar refractivity (Wildman–Crippen MR) is 68.7 cm³/mol. The Morgan fingerprint density at radius 3 is 2.56 bits per heavy atom. The molecular weight excluding hydrogens is 198 g/mol. The minimum absolute atomic E-state index is 0.722. The monoisotopic (exact) mass is 225 g/mol. The largest absolute Gasteiger partial charge is 0.312 e.